The van der Waals surface area contributed by atoms with Gasteiger partial charge in [-0.3, -0.25) is 9.69 Å². The third kappa shape index (κ3) is 3.24. The highest BCUT2D eigenvalue weighted by molar-refractivity contribution is 9.10. The molecule has 146 valence electrons. The van der Waals surface area contributed by atoms with Gasteiger partial charge in [0.15, 0.2) is 5.72 Å². The van der Waals surface area contributed by atoms with Crippen molar-refractivity contribution in [3.8, 4) is 5.75 Å². The Kier molecular flexibility index (Phi) is 4.57. The fourth-order valence-corrected chi connectivity index (χ4v) is 4.25. The largest absolute Gasteiger partial charge is 0.467 e. The maximum Gasteiger partial charge on any atom is 0.325 e. The first-order chi connectivity index (χ1) is 13.3. The van der Waals surface area contributed by atoms with Crippen LogP contribution >= 0.6 is 15.9 Å². The zero-order chi connectivity index (χ0) is 20.1. The summed E-state index contributed by atoms with van der Waals surface area (Å²) in [6, 6.07) is 12.5. The molecule has 4 rings (SSSR count). The number of hydrogen-bond donors (Lipinski definition) is 2. The van der Waals surface area contributed by atoms with Gasteiger partial charge in [-0.05, 0) is 57.2 Å². The molecule has 0 aromatic heterocycles. The van der Waals surface area contributed by atoms with Crippen LogP contribution < -0.4 is 20.3 Å². The van der Waals surface area contributed by atoms with E-state index in [9.17, 15) is 9.59 Å². The Balaban J connectivity index is 1.71. The monoisotopic (exact) mass is 443 g/mol. The number of carbonyl (C=O) groups excluding carboxylic acids is 2. The Morgan fingerprint density at radius 1 is 1.32 bits per heavy atom. The molecule has 0 radical (unpaired) electrons. The zero-order valence-corrected chi connectivity index (χ0v) is 17.5. The molecule has 6 nitrogen and oxygen atoms in total. The van der Waals surface area contributed by atoms with E-state index in [0.717, 1.165) is 15.8 Å². The molecule has 2 heterocycles. The SMILES string of the molecule is CC(C)NC(=O)c1cccc(N2C(=O)N[C@H]3C[C@@]2(C)Oc2ccc(Br)cc23)c1. The van der Waals surface area contributed by atoms with Gasteiger partial charge in [0.1, 0.15) is 5.75 Å². The number of ether oxygens (including phenoxy) is 1. The predicted octanol–water partition coefficient (Wildman–Crippen LogP) is 4.36. The number of hydrogen-bond acceptors (Lipinski definition) is 3. The van der Waals surface area contributed by atoms with Gasteiger partial charge in [0.2, 0.25) is 0 Å². The molecule has 2 N–H and O–H groups in total. The minimum atomic E-state index is -0.846. The molecule has 2 aliphatic rings. The van der Waals surface area contributed by atoms with Gasteiger partial charge in [-0.2, -0.15) is 0 Å². The lowest BCUT2D eigenvalue weighted by atomic mass is 9.90. The van der Waals surface area contributed by atoms with E-state index < -0.39 is 5.72 Å². The molecule has 0 saturated carbocycles. The summed E-state index contributed by atoms with van der Waals surface area (Å²) < 4.78 is 7.23. The van der Waals surface area contributed by atoms with Crippen LogP contribution in [0.4, 0.5) is 10.5 Å². The van der Waals surface area contributed by atoms with Gasteiger partial charge in [-0.25, -0.2) is 4.79 Å². The minimum Gasteiger partial charge on any atom is -0.467 e. The number of anilines is 1. The van der Waals surface area contributed by atoms with Crippen LogP contribution in [-0.4, -0.2) is 23.7 Å². The Labute approximate surface area is 172 Å². The van der Waals surface area contributed by atoms with Crippen LogP contribution in [0.25, 0.3) is 0 Å². The number of benzene rings is 2. The molecule has 2 atom stereocenters. The van der Waals surface area contributed by atoms with E-state index in [4.69, 9.17) is 4.74 Å². The van der Waals surface area contributed by atoms with Crippen LogP contribution in [0.5, 0.6) is 5.75 Å². The summed E-state index contributed by atoms with van der Waals surface area (Å²) in [6.45, 7) is 5.73. The van der Waals surface area contributed by atoms with Crippen molar-refractivity contribution in [2.45, 2.75) is 45.0 Å². The van der Waals surface area contributed by atoms with Crippen molar-refractivity contribution in [2.75, 3.05) is 4.90 Å². The summed E-state index contributed by atoms with van der Waals surface area (Å²) in [5.74, 6) is 0.581. The zero-order valence-electron chi connectivity index (χ0n) is 16.0. The molecule has 1 saturated heterocycles. The second kappa shape index (κ2) is 6.81. The van der Waals surface area contributed by atoms with Crippen molar-refractivity contribution >= 4 is 33.6 Å². The van der Waals surface area contributed by atoms with Crippen molar-refractivity contribution in [2.24, 2.45) is 0 Å². The molecular weight excluding hydrogens is 422 g/mol. The average molecular weight is 444 g/mol. The van der Waals surface area contributed by atoms with Gasteiger partial charge >= 0.3 is 6.03 Å². The van der Waals surface area contributed by atoms with Crippen LogP contribution in [0.2, 0.25) is 0 Å². The highest BCUT2D eigenvalue weighted by Gasteiger charge is 2.49. The van der Waals surface area contributed by atoms with E-state index >= 15 is 0 Å². The molecule has 0 unspecified atom stereocenters. The highest BCUT2D eigenvalue weighted by atomic mass is 79.9. The molecule has 2 aromatic rings. The lowest BCUT2D eigenvalue weighted by molar-refractivity contribution is 0.0378. The molecule has 0 aliphatic carbocycles. The van der Waals surface area contributed by atoms with Gasteiger partial charge in [-0.1, -0.05) is 22.0 Å². The smallest absolute Gasteiger partial charge is 0.325 e. The van der Waals surface area contributed by atoms with Gasteiger partial charge in [0.05, 0.1) is 11.7 Å². The minimum absolute atomic E-state index is 0.0326. The highest BCUT2D eigenvalue weighted by Crippen LogP contribution is 2.46. The van der Waals surface area contributed by atoms with Crippen LogP contribution in [0.1, 0.15) is 49.2 Å². The Morgan fingerprint density at radius 3 is 2.86 bits per heavy atom. The number of nitrogens with zero attached hydrogens (tertiary/aromatic N) is 1. The second-order valence-corrected chi connectivity index (χ2v) is 8.60. The van der Waals surface area contributed by atoms with Gasteiger partial charge in [0.25, 0.3) is 5.91 Å². The van der Waals surface area contributed by atoms with E-state index in [-0.39, 0.29) is 24.0 Å². The van der Waals surface area contributed by atoms with Crippen molar-refractivity contribution in [1.82, 2.24) is 10.6 Å². The van der Waals surface area contributed by atoms with Crippen LogP contribution in [0.15, 0.2) is 46.9 Å². The van der Waals surface area contributed by atoms with Crippen molar-refractivity contribution < 1.29 is 14.3 Å². The summed E-state index contributed by atoms with van der Waals surface area (Å²) in [6.07, 6.45) is 0.602. The first kappa shape index (κ1) is 18.8. The van der Waals surface area contributed by atoms with Crippen LogP contribution in [0.3, 0.4) is 0 Å². The standard InChI is InChI=1S/C21H22BrN3O3/c1-12(2)23-19(26)13-5-4-6-15(9-13)25-20(27)24-17-11-21(25,3)28-18-8-7-14(22)10-16(17)18/h4-10,12,17H,11H2,1-3H3,(H,23,26)(H,24,27)/t17-,21+/m0/s1. The van der Waals surface area contributed by atoms with Crippen LogP contribution in [-0.2, 0) is 0 Å². The number of amides is 3. The molecule has 2 bridgehead atoms. The van der Waals surface area contributed by atoms with E-state index in [1.165, 1.54) is 0 Å². The quantitative estimate of drug-likeness (QED) is 0.740. The predicted molar refractivity (Wildman–Crippen MR) is 111 cm³/mol. The van der Waals surface area contributed by atoms with Crippen LogP contribution in [0, 0.1) is 0 Å². The summed E-state index contributed by atoms with van der Waals surface area (Å²) in [5.41, 5.74) is 1.24. The molecule has 2 aromatic carbocycles. The summed E-state index contributed by atoms with van der Waals surface area (Å²) >= 11 is 3.48. The lowest BCUT2D eigenvalue weighted by Crippen LogP contribution is -2.65. The maximum atomic E-state index is 13.0. The summed E-state index contributed by atoms with van der Waals surface area (Å²) in [7, 11) is 0. The molecule has 2 aliphatic heterocycles. The van der Waals surface area contributed by atoms with E-state index in [1.54, 1.807) is 23.1 Å². The number of carbonyl (C=O) groups is 2. The molecule has 1 fully saturated rings. The second-order valence-electron chi connectivity index (χ2n) is 7.68. The molecule has 0 spiro atoms. The third-order valence-electron chi connectivity index (χ3n) is 5.02. The number of fused-ring (bicyclic) bond motifs is 4. The molecule has 3 amide bonds. The van der Waals surface area contributed by atoms with E-state index in [1.807, 2.05) is 45.0 Å². The number of halogens is 1. The molecule has 7 heteroatoms. The summed E-state index contributed by atoms with van der Waals surface area (Å²) in [5, 5.41) is 5.95. The number of nitrogens with one attached hydrogen (secondary N) is 2. The fraction of sp³-hybridized carbons (Fsp3) is 0.333. The Bertz CT molecular complexity index is 962. The Hall–Kier alpha value is -2.54. The van der Waals surface area contributed by atoms with Crippen molar-refractivity contribution in [3.63, 3.8) is 0 Å². The van der Waals surface area contributed by atoms with Gasteiger partial charge in [-0.15, -0.1) is 0 Å². The first-order valence-corrected chi connectivity index (χ1v) is 10.1. The third-order valence-corrected chi connectivity index (χ3v) is 5.51. The van der Waals surface area contributed by atoms with Crippen molar-refractivity contribution in [1.29, 1.82) is 0 Å². The van der Waals surface area contributed by atoms with Gasteiger partial charge < -0.3 is 15.4 Å². The van der Waals surface area contributed by atoms with Gasteiger partial charge in [0, 0.05) is 28.1 Å². The van der Waals surface area contributed by atoms with E-state index in [2.05, 4.69) is 26.6 Å². The first-order valence-electron chi connectivity index (χ1n) is 9.27. The number of urea groups is 1. The molecule has 28 heavy (non-hydrogen) atoms. The van der Waals surface area contributed by atoms with E-state index in [0.29, 0.717) is 17.7 Å². The normalized spacial score (nSPS) is 23.0. The average Bonchev–Trinajstić information content (AvgIpc) is 2.61. The Morgan fingerprint density at radius 2 is 2.11 bits per heavy atom. The lowest BCUT2D eigenvalue weighted by Gasteiger charge is -2.50. The maximum absolute atomic E-state index is 13.0. The molecular formula is C21H22BrN3O3. The summed E-state index contributed by atoms with van der Waals surface area (Å²) in [4.78, 5) is 27.0. The number of rotatable bonds is 3. The fourth-order valence-electron chi connectivity index (χ4n) is 3.87. The topological polar surface area (TPSA) is 70.7 Å². The van der Waals surface area contributed by atoms with Crippen molar-refractivity contribution in [3.05, 3.63) is 58.1 Å².